The summed E-state index contributed by atoms with van der Waals surface area (Å²) in [6.45, 7) is 5.69. The highest BCUT2D eigenvalue weighted by Crippen LogP contribution is 2.40. The number of nitrogens with zero attached hydrogens (tertiary/aromatic N) is 4. The summed E-state index contributed by atoms with van der Waals surface area (Å²) in [5, 5.41) is 8.41. The lowest BCUT2D eigenvalue weighted by molar-refractivity contribution is 0.0955. The predicted octanol–water partition coefficient (Wildman–Crippen LogP) is 4.15. The van der Waals surface area contributed by atoms with Crippen molar-refractivity contribution in [2.24, 2.45) is 0 Å². The second-order valence-electron chi connectivity index (χ2n) is 8.16. The molecule has 0 atom stereocenters. The molecule has 152 valence electrons. The van der Waals surface area contributed by atoms with Crippen LogP contribution in [0.3, 0.4) is 0 Å². The van der Waals surface area contributed by atoms with Crippen LogP contribution in [-0.2, 0) is 0 Å². The smallest absolute Gasteiger partial charge is 0.252 e. The summed E-state index contributed by atoms with van der Waals surface area (Å²) >= 11 is 0. The molecule has 1 saturated carbocycles. The number of nitrogens with one attached hydrogen (secondary N) is 1. The van der Waals surface area contributed by atoms with Crippen LogP contribution < -0.4 is 10.2 Å². The van der Waals surface area contributed by atoms with Crippen molar-refractivity contribution in [2.75, 3.05) is 25.0 Å². The number of carbonyl (C=O) groups excluding carboxylic acids is 1. The predicted molar refractivity (Wildman–Crippen MR) is 117 cm³/mol. The molecule has 0 saturated heterocycles. The SMILES string of the molecule is CC(C)n1ncc2c(C(=O)NCCCN(C)c3ccccc3)cc(C3CC3)nc21. The summed E-state index contributed by atoms with van der Waals surface area (Å²) in [4.78, 5) is 20.0. The Morgan fingerprint density at radius 3 is 2.72 bits per heavy atom. The number of pyridine rings is 1. The number of hydrogen-bond acceptors (Lipinski definition) is 4. The van der Waals surface area contributed by atoms with Gasteiger partial charge in [0.2, 0.25) is 0 Å². The van der Waals surface area contributed by atoms with Crippen molar-refractivity contribution in [3.05, 3.63) is 53.9 Å². The molecule has 2 heterocycles. The molecular formula is C23H29N5O. The molecule has 1 fully saturated rings. The third kappa shape index (κ3) is 4.26. The number of benzene rings is 1. The Labute approximate surface area is 171 Å². The van der Waals surface area contributed by atoms with Gasteiger partial charge in [0, 0.05) is 43.5 Å². The van der Waals surface area contributed by atoms with Gasteiger partial charge in [-0.2, -0.15) is 5.10 Å². The van der Waals surface area contributed by atoms with Crippen molar-refractivity contribution < 1.29 is 4.79 Å². The zero-order valence-electron chi connectivity index (χ0n) is 17.4. The van der Waals surface area contributed by atoms with Gasteiger partial charge in [-0.25, -0.2) is 9.67 Å². The van der Waals surface area contributed by atoms with E-state index in [0.29, 0.717) is 18.0 Å². The molecule has 1 aliphatic carbocycles. The van der Waals surface area contributed by atoms with Crippen molar-refractivity contribution in [3.8, 4) is 0 Å². The standard InChI is InChI=1S/C23H29N5O/c1-16(2)28-22-20(15-25-28)19(14-21(26-22)17-10-11-17)23(29)24-12-7-13-27(3)18-8-5-4-6-9-18/h4-6,8-9,14-17H,7,10-13H2,1-3H3,(H,24,29). The van der Waals surface area contributed by atoms with Gasteiger partial charge in [0.05, 0.1) is 17.1 Å². The summed E-state index contributed by atoms with van der Waals surface area (Å²) in [6.07, 6.45) is 4.96. The van der Waals surface area contributed by atoms with E-state index in [0.717, 1.165) is 42.5 Å². The lowest BCUT2D eigenvalue weighted by Gasteiger charge is -2.19. The fraction of sp³-hybridized carbons (Fsp3) is 0.435. The third-order valence-electron chi connectivity index (χ3n) is 5.47. The number of para-hydroxylation sites is 1. The van der Waals surface area contributed by atoms with Gasteiger partial charge in [0.15, 0.2) is 5.65 Å². The van der Waals surface area contributed by atoms with E-state index in [1.54, 1.807) is 6.20 Å². The fourth-order valence-electron chi connectivity index (χ4n) is 3.62. The highest BCUT2D eigenvalue weighted by molar-refractivity contribution is 6.05. The van der Waals surface area contributed by atoms with Gasteiger partial charge >= 0.3 is 0 Å². The molecule has 1 aliphatic rings. The highest BCUT2D eigenvalue weighted by atomic mass is 16.1. The summed E-state index contributed by atoms with van der Waals surface area (Å²) in [5.41, 5.74) is 3.72. The number of anilines is 1. The van der Waals surface area contributed by atoms with E-state index in [1.165, 1.54) is 5.69 Å². The summed E-state index contributed by atoms with van der Waals surface area (Å²) in [5.74, 6) is 0.450. The molecular weight excluding hydrogens is 362 g/mol. The number of aromatic nitrogens is 3. The van der Waals surface area contributed by atoms with Crippen LogP contribution in [0.2, 0.25) is 0 Å². The van der Waals surface area contributed by atoms with Gasteiger partial charge in [-0.05, 0) is 51.3 Å². The van der Waals surface area contributed by atoms with Crippen LogP contribution in [0.4, 0.5) is 5.69 Å². The average Bonchev–Trinajstić information content (AvgIpc) is 3.49. The Hall–Kier alpha value is -2.89. The maximum absolute atomic E-state index is 13.0. The van der Waals surface area contributed by atoms with Crippen LogP contribution in [0.1, 0.15) is 61.1 Å². The molecule has 0 bridgehead atoms. The van der Waals surface area contributed by atoms with Crippen LogP contribution >= 0.6 is 0 Å². The van der Waals surface area contributed by atoms with E-state index in [2.05, 4.69) is 48.3 Å². The first-order valence-corrected chi connectivity index (χ1v) is 10.5. The quantitative estimate of drug-likeness (QED) is 0.586. The third-order valence-corrected chi connectivity index (χ3v) is 5.47. The van der Waals surface area contributed by atoms with Crippen molar-refractivity contribution in [3.63, 3.8) is 0 Å². The van der Waals surface area contributed by atoms with Crippen LogP contribution in [0.5, 0.6) is 0 Å². The molecule has 1 aromatic carbocycles. The average molecular weight is 392 g/mol. The molecule has 1 N–H and O–H groups in total. The maximum atomic E-state index is 13.0. The van der Waals surface area contributed by atoms with Crippen LogP contribution in [0, 0.1) is 0 Å². The molecule has 2 aromatic heterocycles. The molecule has 3 aromatic rings. The number of hydrogen-bond donors (Lipinski definition) is 1. The fourth-order valence-corrected chi connectivity index (χ4v) is 3.62. The van der Waals surface area contributed by atoms with Gasteiger partial charge in [-0.3, -0.25) is 4.79 Å². The van der Waals surface area contributed by atoms with Gasteiger partial charge < -0.3 is 10.2 Å². The first kappa shape index (κ1) is 19.4. The number of amides is 1. The maximum Gasteiger partial charge on any atom is 0.252 e. The molecule has 6 nitrogen and oxygen atoms in total. The Balaban J connectivity index is 1.44. The second kappa shape index (κ2) is 8.23. The highest BCUT2D eigenvalue weighted by Gasteiger charge is 2.28. The molecule has 0 spiro atoms. The molecule has 0 aliphatic heterocycles. The van der Waals surface area contributed by atoms with E-state index in [-0.39, 0.29) is 11.9 Å². The van der Waals surface area contributed by atoms with Crippen molar-refractivity contribution >= 4 is 22.6 Å². The Bertz CT molecular complexity index is 991. The molecule has 6 heteroatoms. The topological polar surface area (TPSA) is 63.1 Å². The summed E-state index contributed by atoms with van der Waals surface area (Å²) in [7, 11) is 2.08. The lowest BCUT2D eigenvalue weighted by Crippen LogP contribution is -2.28. The minimum absolute atomic E-state index is 0.0371. The second-order valence-corrected chi connectivity index (χ2v) is 8.16. The molecule has 4 rings (SSSR count). The Morgan fingerprint density at radius 1 is 1.28 bits per heavy atom. The zero-order chi connectivity index (χ0) is 20.4. The number of carbonyl (C=O) groups is 1. The largest absolute Gasteiger partial charge is 0.375 e. The molecule has 29 heavy (non-hydrogen) atoms. The lowest BCUT2D eigenvalue weighted by atomic mass is 10.1. The first-order chi connectivity index (χ1) is 14.0. The van der Waals surface area contributed by atoms with Crippen LogP contribution in [0.15, 0.2) is 42.6 Å². The summed E-state index contributed by atoms with van der Waals surface area (Å²) in [6, 6.07) is 12.5. The van der Waals surface area contributed by atoms with Gasteiger partial charge in [0.25, 0.3) is 5.91 Å². The molecule has 1 amide bonds. The van der Waals surface area contributed by atoms with E-state index >= 15 is 0 Å². The van der Waals surface area contributed by atoms with Gasteiger partial charge in [-0.15, -0.1) is 0 Å². The van der Waals surface area contributed by atoms with Crippen molar-refractivity contribution in [1.29, 1.82) is 0 Å². The zero-order valence-corrected chi connectivity index (χ0v) is 17.4. The van der Waals surface area contributed by atoms with E-state index < -0.39 is 0 Å². The van der Waals surface area contributed by atoms with Crippen LogP contribution in [0.25, 0.3) is 11.0 Å². The molecule has 0 radical (unpaired) electrons. The Kier molecular flexibility index (Phi) is 5.51. The van der Waals surface area contributed by atoms with E-state index in [4.69, 9.17) is 4.98 Å². The van der Waals surface area contributed by atoms with E-state index in [1.807, 2.05) is 28.9 Å². The number of rotatable bonds is 8. The first-order valence-electron chi connectivity index (χ1n) is 10.5. The molecule has 0 unspecified atom stereocenters. The van der Waals surface area contributed by atoms with Gasteiger partial charge in [0.1, 0.15) is 0 Å². The minimum atomic E-state index is -0.0371. The van der Waals surface area contributed by atoms with Crippen LogP contribution in [-0.4, -0.2) is 40.8 Å². The van der Waals surface area contributed by atoms with E-state index in [9.17, 15) is 4.79 Å². The van der Waals surface area contributed by atoms with Crippen molar-refractivity contribution in [1.82, 2.24) is 20.1 Å². The monoisotopic (exact) mass is 391 g/mol. The Morgan fingerprint density at radius 2 is 2.03 bits per heavy atom. The minimum Gasteiger partial charge on any atom is -0.375 e. The normalized spacial score (nSPS) is 13.8. The number of fused-ring (bicyclic) bond motifs is 1. The summed E-state index contributed by atoms with van der Waals surface area (Å²) < 4.78 is 1.91. The van der Waals surface area contributed by atoms with Crippen molar-refractivity contribution in [2.45, 2.75) is 45.1 Å². The van der Waals surface area contributed by atoms with Gasteiger partial charge in [-0.1, -0.05) is 18.2 Å².